The Bertz CT molecular complexity index is 1150. The molecule has 1 aliphatic rings. The highest BCUT2D eigenvalue weighted by molar-refractivity contribution is 5.99. The summed E-state index contributed by atoms with van der Waals surface area (Å²) >= 11 is 0. The van der Waals surface area contributed by atoms with E-state index < -0.39 is 23.5 Å². The van der Waals surface area contributed by atoms with Crippen LogP contribution in [0, 0.1) is 6.92 Å². The maximum atomic E-state index is 13.1. The minimum Gasteiger partial charge on any atom is -0.478 e. The average Bonchev–Trinajstić information content (AvgIpc) is 2.66. The molecule has 2 aromatic carbocycles. The van der Waals surface area contributed by atoms with Crippen LogP contribution in [0.2, 0.25) is 0 Å². The number of aryl methyl sites for hydroxylation is 1. The van der Waals surface area contributed by atoms with E-state index in [4.69, 9.17) is 5.11 Å². The van der Waals surface area contributed by atoms with Gasteiger partial charge >= 0.3 is 12.3 Å². The van der Waals surface area contributed by atoms with E-state index in [1.807, 2.05) is 26.8 Å². The summed E-state index contributed by atoms with van der Waals surface area (Å²) in [6.45, 7) is 9.57. The number of benzene rings is 2. The molecule has 8 heteroatoms. The van der Waals surface area contributed by atoms with Crippen molar-refractivity contribution in [3.05, 3.63) is 53.1 Å². The topological polar surface area (TPSA) is 66.8 Å². The molecule has 0 unspecified atom stereocenters. The molecule has 1 heterocycles. The normalized spacial score (nSPS) is 15.9. The van der Waals surface area contributed by atoms with Crippen LogP contribution >= 0.6 is 0 Å². The van der Waals surface area contributed by atoms with Crippen LogP contribution in [-0.2, 0) is 15.0 Å². The molecule has 0 atom stereocenters. The van der Waals surface area contributed by atoms with Crippen LogP contribution in [0.5, 0.6) is 5.75 Å². The molecule has 0 aliphatic carbocycles. The number of carbonyl (C=O) groups excluding carboxylic acids is 1. The van der Waals surface area contributed by atoms with Gasteiger partial charge in [0.05, 0.1) is 0 Å². The van der Waals surface area contributed by atoms with Crippen molar-refractivity contribution in [1.82, 2.24) is 0 Å². The number of hydrogen-bond donors (Lipinski definition) is 1. The van der Waals surface area contributed by atoms with Gasteiger partial charge in [-0.25, -0.2) is 4.79 Å². The van der Waals surface area contributed by atoms with Gasteiger partial charge in [-0.2, -0.15) is 0 Å². The largest absolute Gasteiger partial charge is 0.573 e. The lowest BCUT2D eigenvalue weighted by Gasteiger charge is -2.39. The number of amides is 1. The second-order valence-corrected chi connectivity index (χ2v) is 8.81. The number of carboxylic acid groups (broad SMARTS) is 1. The summed E-state index contributed by atoms with van der Waals surface area (Å²) in [4.78, 5) is 25.4. The maximum Gasteiger partial charge on any atom is 0.573 e. The van der Waals surface area contributed by atoms with Crippen molar-refractivity contribution < 1.29 is 32.6 Å². The number of fused-ring (bicyclic) bond motifs is 1. The zero-order chi connectivity index (χ0) is 24.7. The summed E-state index contributed by atoms with van der Waals surface area (Å²) in [5, 5.41) is 9.06. The van der Waals surface area contributed by atoms with E-state index in [1.54, 1.807) is 24.8 Å². The molecule has 0 fully saturated rings. The molecule has 0 aromatic heterocycles. The number of carboxylic acids is 1. The number of anilines is 1. The third-order valence-electron chi connectivity index (χ3n) is 5.86. The predicted octanol–water partition coefficient (Wildman–Crippen LogP) is 6.08. The van der Waals surface area contributed by atoms with Crippen molar-refractivity contribution in [1.29, 1.82) is 0 Å². The molecule has 0 saturated heterocycles. The van der Waals surface area contributed by atoms with E-state index in [2.05, 4.69) is 4.74 Å². The molecular weight excluding hydrogens is 435 g/mol. The van der Waals surface area contributed by atoms with E-state index in [0.717, 1.165) is 17.2 Å². The monoisotopic (exact) mass is 461 g/mol. The van der Waals surface area contributed by atoms with E-state index in [9.17, 15) is 22.8 Å². The fourth-order valence-corrected chi connectivity index (χ4v) is 4.27. The number of nitrogens with zero attached hydrogens (tertiary/aromatic N) is 1. The van der Waals surface area contributed by atoms with Crippen LogP contribution in [0.15, 0.2) is 36.4 Å². The van der Waals surface area contributed by atoms with E-state index in [1.165, 1.54) is 18.2 Å². The standard InChI is InChI=1S/C25H26F3NO4/c1-6-29-20-12-17(15(3)9-19(20)24(4,5)13-22(29)30)18-11-16(14(2)10-23(31)32)7-8-21(18)33-25(26,27)28/h7-12H,6,13H2,1-5H3,(H,31,32). The highest BCUT2D eigenvalue weighted by atomic mass is 19.4. The first-order valence-corrected chi connectivity index (χ1v) is 10.5. The Kier molecular flexibility index (Phi) is 6.33. The Hall–Kier alpha value is -3.29. The van der Waals surface area contributed by atoms with Gasteiger partial charge in [-0.3, -0.25) is 4.79 Å². The summed E-state index contributed by atoms with van der Waals surface area (Å²) in [5.74, 6) is -1.61. The summed E-state index contributed by atoms with van der Waals surface area (Å²) in [7, 11) is 0. The van der Waals surface area contributed by atoms with Crippen molar-refractivity contribution in [3.8, 4) is 16.9 Å². The third kappa shape index (κ3) is 5.05. The summed E-state index contributed by atoms with van der Waals surface area (Å²) in [6.07, 6.45) is -3.58. The molecule has 0 radical (unpaired) electrons. The first-order valence-electron chi connectivity index (χ1n) is 10.5. The molecule has 33 heavy (non-hydrogen) atoms. The smallest absolute Gasteiger partial charge is 0.478 e. The van der Waals surface area contributed by atoms with Gasteiger partial charge in [0.1, 0.15) is 5.75 Å². The quantitative estimate of drug-likeness (QED) is 0.548. The second kappa shape index (κ2) is 8.57. The number of rotatable bonds is 5. The van der Waals surface area contributed by atoms with Gasteiger partial charge in [-0.1, -0.05) is 26.0 Å². The third-order valence-corrected chi connectivity index (χ3v) is 5.86. The predicted molar refractivity (Wildman–Crippen MR) is 120 cm³/mol. The Morgan fingerprint density at radius 2 is 1.88 bits per heavy atom. The highest BCUT2D eigenvalue weighted by Crippen LogP contribution is 2.45. The van der Waals surface area contributed by atoms with E-state index in [-0.39, 0.29) is 11.5 Å². The molecule has 3 rings (SSSR count). The number of aliphatic carboxylic acids is 1. The first-order chi connectivity index (χ1) is 15.2. The van der Waals surface area contributed by atoms with Crippen LogP contribution in [0.3, 0.4) is 0 Å². The van der Waals surface area contributed by atoms with Crippen molar-refractivity contribution in [3.63, 3.8) is 0 Å². The molecule has 1 N–H and O–H groups in total. The number of hydrogen-bond acceptors (Lipinski definition) is 3. The number of carbonyl (C=O) groups is 2. The fraction of sp³-hybridized carbons (Fsp3) is 0.360. The maximum absolute atomic E-state index is 13.1. The van der Waals surface area contributed by atoms with Crippen molar-refractivity contribution >= 4 is 23.1 Å². The van der Waals surface area contributed by atoms with Gasteiger partial charge < -0.3 is 14.7 Å². The molecular formula is C25H26F3NO4. The molecule has 2 aromatic rings. The Labute approximate surface area is 190 Å². The minimum absolute atomic E-state index is 0.0504. The Balaban J connectivity index is 2.29. The van der Waals surface area contributed by atoms with Crippen molar-refractivity contribution in [2.75, 3.05) is 11.4 Å². The molecule has 0 bridgehead atoms. The Morgan fingerprint density at radius 3 is 2.45 bits per heavy atom. The van der Waals surface area contributed by atoms with Gasteiger partial charge in [-0.15, -0.1) is 13.2 Å². The summed E-state index contributed by atoms with van der Waals surface area (Å²) in [5.41, 5.74) is 3.36. The molecule has 176 valence electrons. The zero-order valence-electron chi connectivity index (χ0n) is 19.1. The average molecular weight is 461 g/mol. The lowest BCUT2D eigenvalue weighted by Crippen LogP contribution is -2.41. The van der Waals surface area contributed by atoms with Crippen molar-refractivity contribution in [2.45, 2.75) is 52.8 Å². The van der Waals surface area contributed by atoms with Gasteiger partial charge in [0.25, 0.3) is 0 Å². The molecule has 0 saturated carbocycles. The summed E-state index contributed by atoms with van der Waals surface area (Å²) in [6, 6.07) is 7.69. The van der Waals surface area contributed by atoms with Crippen LogP contribution < -0.4 is 9.64 Å². The number of allylic oxidation sites excluding steroid dienone is 1. The van der Waals surface area contributed by atoms with Gasteiger partial charge in [0.15, 0.2) is 0 Å². The summed E-state index contributed by atoms with van der Waals surface area (Å²) < 4.78 is 43.7. The fourth-order valence-electron chi connectivity index (χ4n) is 4.27. The van der Waals surface area contributed by atoms with Gasteiger partial charge in [-0.05, 0) is 66.8 Å². The van der Waals surface area contributed by atoms with Crippen LogP contribution in [-0.4, -0.2) is 29.9 Å². The molecule has 1 amide bonds. The lowest BCUT2D eigenvalue weighted by molar-refractivity contribution is -0.274. The number of halogens is 3. The van der Waals surface area contributed by atoms with Crippen LogP contribution in [0.25, 0.3) is 16.7 Å². The van der Waals surface area contributed by atoms with Gasteiger partial charge in [0.2, 0.25) is 5.91 Å². The SMILES string of the molecule is CCN1C(=O)CC(C)(C)c2cc(C)c(-c3cc(C(C)=CC(=O)O)ccc3OC(F)(F)F)cc21. The highest BCUT2D eigenvalue weighted by Gasteiger charge is 2.37. The lowest BCUT2D eigenvalue weighted by atomic mass is 9.75. The molecule has 5 nitrogen and oxygen atoms in total. The number of alkyl halides is 3. The van der Waals surface area contributed by atoms with Gasteiger partial charge in [0, 0.05) is 35.7 Å². The first kappa shape index (κ1) is 24.4. The van der Waals surface area contributed by atoms with E-state index in [0.29, 0.717) is 35.4 Å². The van der Waals surface area contributed by atoms with E-state index >= 15 is 0 Å². The second-order valence-electron chi connectivity index (χ2n) is 8.81. The molecule has 1 aliphatic heterocycles. The zero-order valence-corrected chi connectivity index (χ0v) is 19.1. The minimum atomic E-state index is -4.91. The Morgan fingerprint density at radius 1 is 1.21 bits per heavy atom. The van der Waals surface area contributed by atoms with Crippen molar-refractivity contribution in [2.24, 2.45) is 0 Å². The van der Waals surface area contributed by atoms with Crippen LogP contribution in [0.1, 0.15) is 50.8 Å². The molecule has 0 spiro atoms. The number of ether oxygens (including phenoxy) is 1. The van der Waals surface area contributed by atoms with Crippen LogP contribution in [0.4, 0.5) is 18.9 Å².